The molecular formula is C25H22N4O4. The molecule has 0 spiro atoms. The summed E-state index contributed by atoms with van der Waals surface area (Å²) in [6.45, 7) is 3.81. The van der Waals surface area contributed by atoms with Crippen LogP contribution in [0.1, 0.15) is 37.0 Å². The molecule has 0 aliphatic carbocycles. The molecule has 2 aliphatic heterocycles. The standard InChI is InChI=1S/C25H22N4O4/c1-4-31-19-8-6-5-7-18(19)21-24(13-26,14-27)25(15-28)20(23(2,32-21)33-22(25)29)16-9-11-17(30-3)12-10-16/h5-12,20-21,29H,4H2,1-3H3. The molecule has 2 heterocycles. The summed E-state index contributed by atoms with van der Waals surface area (Å²) in [7, 11) is 1.54. The van der Waals surface area contributed by atoms with E-state index in [0.717, 1.165) is 0 Å². The second kappa shape index (κ2) is 7.81. The van der Waals surface area contributed by atoms with Crippen LogP contribution >= 0.6 is 0 Å². The summed E-state index contributed by atoms with van der Waals surface area (Å²) >= 11 is 0. The molecule has 8 nitrogen and oxygen atoms in total. The van der Waals surface area contributed by atoms with Crippen LogP contribution in [0.5, 0.6) is 11.5 Å². The van der Waals surface area contributed by atoms with E-state index in [2.05, 4.69) is 18.2 Å². The summed E-state index contributed by atoms with van der Waals surface area (Å²) in [6.07, 6.45) is -1.20. The quantitative estimate of drug-likeness (QED) is 0.733. The van der Waals surface area contributed by atoms with Gasteiger partial charge in [-0.25, -0.2) is 0 Å². The van der Waals surface area contributed by atoms with Crippen molar-refractivity contribution in [2.45, 2.75) is 31.7 Å². The molecule has 1 N–H and O–H groups in total. The number of nitriles is 3. The van der Waals surface area contributed by atoms with Crippen molar-refractivity contribution in [2.75, 3.05) is 13.7 Å². The minimum atomic E-state index is -2.09. The molecular weight excluding hydrogens is 420 g/mol. The van der Waals surface area contributed by atoms with E-state index >= 15 is 0 Å². The van der Waals surface area contributed by atoms with Crippen LogP contribution in [0.4, 0.5) is 0 Å². The van der Waals surface area contributed by atoms with Gasteiger partial charge in [0.1, 0.15) is 17.6 Å². The first-order chi connectivity index (χ1) is 15.9. The Hall–Kier alpha value is -4.06. The van der Waals surface area contributed by atoms with Gasteiger partial charge >= 0.3 is 0 Å². The van der Waals surface area contributed by atoms with Gasteiger partial charge in [-0.3, -0.25) is 5.41 Å². The summed E-state index contributed by atoms with van der Waals surface area (Å²) in [5.74, 6) is -1.82. The third kappa shape index (κ3) is 2.80. The highest BCUT2D eigenvalue weighted by Gasteiger charge is 2.80. The monoisotopic (exact) mass is 442 g/mol. The molecule has 4 rings (SSSR count). The Kier molecular flexibility index (Phi) is 5.24. The number of rotatable bonds is 5. The van der Waals surface area contributed by atoms with Gasteiger partial charge in [0.2, 0.25) is 17.1 Å². The predicted molar refractivity (Wildman–Crippen MR) is 116 cm³/mol. The van der Waals surface area contributed by atoms with Crippen LogP contribution in [-0.2, 0) is 9.47 Å². The fourth-order valence-corrected chi connectivity index (χ4v) is 5.05. The van der Waals surface area contributed by atoms with Gasteiger partial charge in [-0.1, -0.05) is 30.3 Å². The fraction of sp³-hybridized carbons (Fsp3) is 0.360. The molecule has 4 unspecified atom stereocenters. The Labute approximate surface area is 192 Å². The lowest BCUT2D eigenvalue weighted by Crippen LogP contribution is -2.57. The minimum Gasteiger partial charge on any atom is -0.497 e. The lowest BCUT2D eigenvalue weighted by Gasteiger charge is -2.49. The number of nitrogens with zero attached hydrogens (tertiary/aromatic N) is 3. The Morgan fingerprint density at radius 1 is 1.03 bits per heavy atom. The molecule has 2 saturated heterocycles. The zero-order valence-electron chi connectivity index (χ0n) is 18.5. The zero-order chi connectivity index (χ0) is 23.9. The minimum absolute atomic E-state index is 0.358. The van der Waals surface area contributed by atoms with Crippen molar-refractivity contribution < 1.29 is 18.9 Å². The van der Waals surface area contributed by atoms with Crippen LogP contribution < -0.4 is 9.47 Å². The van der Waals surface area contributed by atoms with Crippen molar-refractivity contribution in [1.82, 2.24) is 0 Å². The van der Waals surface area contributed by atoms with Crippen LogP contribution in [0.2, 0.25) is 0 Å². The van der Waals surface area contributed by atoms with Crippen molar-refractivity contribution in [2.24, 2.45) is 10.8 Å². The van der Waals surface area contributed by atoms with Crippen LogP contribution in [0.15, 0.2) is 48.5 Å². The van der Waals surface area contributed by atoms with E-state index < -0.39 is 34.5 Å². The number of benzene rings is 2. The maximum atomic E-state index is 10.5. The van der Waals surface area contributed by atoms with Gasteiger partial charge in [0.25, 0.3) is 0 Å². The molecule has 166 valence electrons. The average molecular weight is 442 g/mol. The summed E-state index contributed by atoms with van der Waals surface area (Å²) in [5, 5.41) is 40.1. The normalized spacial score (nSPS) is 29.2. The van der Waals surface area contributed by atoms with Gasteiger partial charge in [0.15, 0.2) is 5.41 Å². The number of para-hydroxylation sites is 1. The van der Waals surface area contributed by atoms with Crippen molar-refractivity contribution >= 4 is 5.90 Å². The SMILES string of the molecule is CCOc1ccccc1C1OC2(C)OC(=N)C(C#N)(C2c2ccc(OC)cc2)C1(C#N)C#N. The molecule has 2 bridgehead atoms. The molecule has 0 saturated carbocycles. The van der Waals surface area contributed by atoms with Gasteiger partial charge in [-0.2, -0.15) is 15.8 Å². The van der Waals surface area contributed by atoms with Crippen LogP contribution in [0.25, 0.3) is 0 Å². The topological polar surface area (TPSA) is 132 Å². The number of fused-ring (bicyclic) bond motifs is 2. The Balaban J connectivity index is 2.00. The summed E-state index contributed by atoms with van der Waals surface area (Å²) in [6, 6.07) is 20.1. The van der Waals surface area contributed by atoms with E-state index in [9.17, 15) is 15.8 Å². The molecule has 0 radical (unpaired) electrons. The second-order valence-corrected chi connectivity index (χ2v) is 8.07. The van der Waals surface area contributed by atoms with Gasteiger partial charge in [-0.15, -0.1) is 0 Å². The molecule has 2 aromatic rings. The third-order valence-electron chi connectivity index (χ3n) is 6.47. The Morgan fingerprint density at radius 3 is 2.27 bits per heavy atom. The predicted octanol–water partition coefficient (Wildman–Crippen LogP) is 4.22. The number of ether oxygens (including phenoxy) is 4. The molecule has 2 aliphatic rings. The van der Waals surface area contributed by atoms with E-state index in [1.807, 2.05) is 6.92 Å². The zero-order valence-corrected chi connectivity index (χ0v) is 18.5. The van der Waals surface area contributed by atoms with Crippen molar-refractivity contribution in [1.29, 1.82) is 21.2 Å². The van der Waals surface area contributed by atoms with Crippen molar-refractivity contribution in [3.63, 3.8) is 0 Å². The highest BCUT2D eigenvalue weighted by molar-refractivity contribution is 5.90. The fourth-order valence-electron chi connectivity index (χ4n) is 5.05. The first kappa shape index (κ1) is 22.1. The Morgan fingerprint density at radius 2 is 1.70 bits per heavy atom. The van der Waals surface area contributed by atoms with Gasteiger partial charge in [-0.05, 0) is 30.7 Å². The van der Waals surface area contributed by atoms with Gasteiger partial charge < -0.3 is 18.9 Å². The maximum Gasteiger partial charge on any atom is 0.218 e. The smallest absolute Gasteiger partial charge is 0.218 e. The number of hydrogen-bond donors (Lipinski definition) is 1. The largest absolute Gasteiger partial charge is 0.497 e. The summed E-state index contributed by atoms with van der Waals surface area (Å²) in [5.41, 5.74) is -2.98. The van der Waals surface area contributed by atoms with E-state index in [1.54, 1.807) is 55.5 Å². The molecule has 2 fully saturated rings. The number of methoxy groups -OCH3 is 1. The molecule has 8 heteroatoms. The number of hydrogen-bond acceptors (Lipinski definition) is 8. The van der Waals surface area contributed by atoms with Crippen LogP contribution in [-0.4, -0.2) is 25.4 Å². The lowest BCUT2D eigenvalue weighted by atomic mass is 9.52. The highest BCUT2D eigenvalue weighted by atomic mass is 16.7. The summed E-state index contributed by atoms with van der Waals surface area (Å²) < 4.78 is 23.2. The van der Waals surface area contributed by atoms with Crippen LogP contribution in [0, 0.1) is 50.2 Å². The third-order valence-corrected chi connectivity index (χ3v) is 6.47. The van der Waals surface area contributed by atoms with Crippen molar-refractivity contribution in [3.05, 3.63) is 59.7 Å². The lowest BCUT2D eigenvalue weighted by molar-refractivity contribution is -0.253. The highest BCUT2D eigenvalue weighted by Crippen LogP contribution is 2.69. The molecule has 33 heavy (non-hydrogen) atoms. The first-order valence-corrected chi connectivity index (χ1v) is 10.4. The second-order valence-electron chi connectivity index (χ2n) is 8.07. The average Bonchev–Trinajstić information content (AvgIpc) is 3.02. The van der Waals surface area contributed by atoms with E-state index in [-0.39, 0.29) is 0 Å². The van der Waals surface area contributed by atoms with Gasteiger partial charge in [0, 0.05) is 12.5 Å². The van der Waals surface area contributed by atoms with Crippen LogP contribution in [0.3, 0.4) is 0 Å². The first-order valence-electron chi connectivity index (χ1n) is 10.4. The molecule has 2 aromatic carbocycles. The molecule has 4 atom stereocenters. The summed E-state index contributed by atoms with van der Waals surface area (Å²) in [4.78, 5) is 0. The van der Waals surface area contributed by atoms with Gasteiger partial charge in [0.05, 0.1) is 37.8 Å². The van der Waals surface area contributed by atoms with E-state index in [1.165, 1.54) is 7.11 Å². The van der Waals surface area contributed by atoms with Crippen molar-refractivity contribution in [3.8, 4) is 29.7 Å². The Bertz CT molecular complexity index is 1210. The maximum absolute atomic E-state index is 10.5. The van der Waals surface area contributed by atoms with E-state index in [4.69, 9.17) is 24.4 Å². The molecule has 0 aromatic heterocycles. The molecule has 0 amide bonds. The van der Waals surface area contributed by atoms with E-state index in [0.29, 0.717) is 29.2 Å². The number of nitrogens with one attached hydrogen (secondary N) is 1.